The third-order valence-corrected chi connectivity index (χ3v) is 5.33. The second kappa shape index (κ2) is 8.21. The molecule has 1 unspecified atom stereocenters. The molecular weight excluding hydrogens is 408 g/mol. The van der Waals surface area contributed by atoms with Gasteiger partial charge in [0.1, 0.15) is 17.9 Å². The molecule has 2 aliphatic rings. The number of imide groups is 1. The quantitative estimate of drug-likeness (QED) is 0.583. The maximum atomic E-state index is 13.2. The summed E-state index contributed by atoms with van der Waals surface area (Å²) in [6, 6.07) is 4.33. The van der Waals surface area contributed by atoms with Gasteiger partial charge in [-0.05, 0) is 31.0 Å². The largest absolute Gasteiger partial charge is 0.401 e. The monoisotopic (exact) mass is 430 g/mol. The van der Waals surface area contributed by atoms with Crippen LogP contribution in [-0.2, 0) is 15.1 Å². The average Bonchev–Trinajstić information content (AvgIpc) is 2.81. The van der Waals surface area contributed by atoms with Crippen LogP contribution in [0.25, 0.3) is 0 Å². The first kappa shape index (κ1) is 22.0. The highest BCUT2D eigenvalue weighted by Gasteiger charge is 2.49. The molecule has 2 fully saturated rings. The van der Waals surface area contributed by atoms with Crippen molar-refractivity contribution in [1.29, 1.82) is 0 Å². The number of carbonyl (C=O) groups excluding carboxylic acids is 3. The molecule has 0 spiro atoms. The predicted octanol–water partition coefficient (Wildman–Crippen LogP) is 1.69. The van der Waals surface area contributed by atoms with Crippen LogP contribution in [0.1, 0.15) is 18.9 Å². The molecule has 0 aliphatic carbocycles. The fourth-order valence-corrected chi connectivity index (χ4v) is 3.69. The van der Waals surface area contributed by atoms with Crippen molar-refractivity contribution in [2.75, 3.05) is 39.3 Å². The molecule has 0 bridgehead atoms. The van der Waals surface area contributed by atoms with Gasteiger partial charge in [-0.25, -0.2) is 9.18 Å². The number of nitrogens with zero attached hydrogens (tertiary/aromatic N) is 3. The smallest absolute Gasteiger partial charge is 0.340 e. The van der Waals surface area contributed by atoms with E-state index in [1.165, 1.54) is 28.9 Å². The molecule has 164 valence electrons. The van der Waals surface area contributed by atoms with Crippen molar-refractivity contribution in [3.05, 3.63) is 35.6 Å². The Morgan fingerprint density at radius 3 is 2.40 bits per heavy atom. The third kappa shape index (κ3) is 4.72. The van der Waals surface area contributed by atoms with Gasteiger partial charge in [0, 0.05) is 26.2 Å². The van der Waals surface area contributed by atoms with Crippen LogP contribution in [0.15, 0.2) is 24.3 Å². The Kier molecular flexibility index (Phi) is 6.02. The van der Waals surface area contributed by atoms with Gasteiger partial charge in [-0.2, -0.15) is 13.2 Å². The van der Waals surface area contributed by atoms with Crippen LogP contribution in [-0.4, -0.2) is 78.0 Å². The van der Waals surface area contributed by atoms with Gasteiger partial charge in [-0.15, -0.1) is 0 Å². The van der Waals surface area contributed by atoms with Crippen LogP contribution < -0.4 is 5.32 Å². The number of carbonyl (C=O) groups is 3. The lowest BCUT2D eigenvalue weighted by Gasteiger charge is -2.25. The molecule has 4 amide bonds. The highest BCUT2D eigenvalue weighted by Crippen LogP contribution is 2.29. The molecule has 2 aliphatic heterocycles. The van der Waals surface area contributed by atoms with E-state index in [0.29, 0.717) is 12.0 Å². The Labute approximate surface area is 170 Å². The zero-order valence-corrected chi connectivity index (χ0v) is 16.3. The summed E-state index contributed by atoms with van der Waals surface area (Å²) in [7, 11) is 0. The highest BCUT2D eigenvalue weighted by atomic mass is 19.4. The summed E-state index contributed by atoms with van der Waals surface area (Å²) in [6.45, 7) is 0.484. The van der Waals surface area contributed by atoms with Crippen LogP contribution in [0.3, 0.4) is 0 Å². The molecule has 0 saturated carbocycles. The summed E-state index contributed by atoms with van der Waals surface area (Å²) >= 11 is 0. The minimum absolute atomic E-state index is 0.0543. The van der Waals surface area contributed by atoms with Crippen LogP contribution in [0.4, 0.5) is 22.4 Å². The second-order valence-electron chi connectivity index (χ2n) is 7.58. The summed E-state index contributed by atoms with van der Waals surface area (Å²) in [5.41, 5.74) is -1.07. The molecule has 1 N–H and O–H groups in total. The van der Waals surface area contributed by atoms with Gasteiger partial charge in [-0.3, -0.25) is 19.4 Å². The lowest BCUT2D eigenvalue weighted by Crippen LogP contribution is -2.45. The van der Waals surface area contributed by atoms with Crippen LogP contribution >= 0.6 is 0 Å². The lowest BCUT2D eigenvalue weighted by molar-refractivity contribution is -0.145. The summed E-state index contributed by atoms with van der Waals surface area (Å²) in [5, 5.41) is 2.53. The van der Waals surface area contributed by atoms with Crippen molar-refractivity contribution in [2.45, 2.75) is 25.1 Å². The molecule has 1 aromatic rings. The standard InChI is InChI=1S/C19H22F4N4O3/c1-18(13-3-5-14(20)6-4-13)16(29)27(17(30)24-18)11-15(28)26-8-2-7-25(9-10-26)12-19(21,22)23/h3-6H,2,7-12H2,1H3,(H,24,30). The van der Waals surface area contributed by atoms with Gasteiger partial charge >= 0.3 is 12.2 Å². The molecule has 2 heterocycles. The number of hydrogen-bond donors (Lipinski definition) is 1. The fraction of sp³-hybridized carbons (Fsp3) is 0.526. The maximum absolute atomic E-state index is 13.2. The van der Waals surface area contributed by atoms with Gasteiger partial charge in [0.25, 0.3) is 5.91 Å². The minimum atomic E-state index is -4.32. The van der Waals surface area contributed by atoms with Crippen LogP contribution in [0, 0.1) is 5.82 Å². The van der Waals surface area contributed by atoms with E-state index in [0.717, 1.165) is 17.0 Å². The number of nitrogens with one attached hydrogen (secondary N) is 1. The van der Waals surface area contributed by atoms with Gasteiger partial charge in [-0.1, -0.05) is 12.1 Å². The molecule has 2 saturated heterocycles. The SMILES string of the molecule is CC1(c2ccc(F)cc2)NC(=O)N(CC(=O)N2CCCN(CC(F)(F)F)CC2)C1=O. The summed E-state index contributed by atoms with van der Waals surface area (Å²) in [6.07, 6.45) is -3.96. The van der Waals surface area contributed by atoms with Crippen molar-refractivity contribution in [2.24, 2.45) is 0 Å². The van der Waals surface area contributed by atoms with E-state index >= 15 is 0 Å². The molecular formula is C19H22F4N4O3. The molecule has 1 aromatic carbocycles. The lowest BCUT2D eigenvalue weighted by atomic mass is 9.92. The van der Waals surface area contributed by atoms with E-state index in [4.69, 9.17) is 0 Å². The van der Waals surface area contributed by atoms with Crippen molar-refractivity contribution < 1.29 is 31.9 Å². The Morgan fingerprint density at radius 2 is 1.77 bits per heavy atom. The van der Waals surface area contributed by atoms with Crippen molar-refractivity contribution in [3.8, 4) is 0 Å². The zero-order valence-electron chi connectivity index (χ0n) is 16.3. The molecule has 30 heavy (non-hydrogen) atoms. The number of halogens is 4. The molecule has 1 atom stereocenters. The fourth-order valence-electron chi connectivity index (χ4n) is 3.69. The highest BCUT2D eigenvalue weighted by molar-refractivity contribution is 6.09. The predicted molar refractivity (Wildman–Crippen MR) is 97.7 cm³/mol. The van der Waals surface area contributed by atoms with E-state index in [2.05, 4.69) is 5.32 Å². The molecule has 3 rings (SSSR count). The second-order valence-corrected chi connectivity index (χ2v) is 7.58. The maximum Gasteiger partial charge on any atom is 0.401 e. The number of hydrogen-bond acceptors (Lipinski definition) is 4. The van der Waals surface area contributed by atoms with E-state index in [1.54, 1.807) is 0 Å². The first-order chi connectivity index (χ1) is 14.0. The average molecular weight is 430 g/mol. The minimum Gasteiger partial charge on any atom is -0.340 e. The number of amides is 4. The van der Waals surface area contributed by atoms with Gasteiger partial charge in [0.05, 0.1) is 6.54 Å². The van der Waals surface area contributed by atoms with E-state index in [9.17, 15) is 31.9 Å². The summed E-state index contributed by atoms with van der Waals surface area (Å²) in [5.74, 6) is -1.66. The van der Waals surface area contributed by atoms with Crippen molar-refractivity contribution >= 4 is 17.8 Å². The molecule has 11 heteroatoms. The Hall–Kier alpha value is -2.69. The first-order valence-electron chi connectivity index (χ1n) is 9.46. The van der Waals surface area contributed by atoms with Crippen LogP contribution in [0.5, 0.6) is 0 Å². The van der Waals surface area contributed by atoms with Crippen molar-refractivity contribution in [1.82, 2.24) is 20.0 Å². The molecule has 0 radical (unpaired) electrons. The Bertz CT molecular complexity index is 830. The Morgan fingerprint density at radius 1 is 1.10 bits per heavy atom. The number of alkyl halides is 3. The van der Waals surface area contributed by atoms with Gasteiger partial charge < -0.3 is 10.2 Å². The molecule has 7 nitrogen and oxygen atoms in total. The van der Waals surface area contributed by atoms with Crippen LogP contribution in [0.2, 0.25) is 0 Å². The number of rotatable bonds is 4. The van der Waals surface area contributed by atoms with E-state index in [-0.39, 0.29) is 26.2 Å². The first-order valence-corrected chi connectivity index (χ1v) is 9.46. The topological polar surface area (TPSA) is 73.0 Å². The zero-order chi connectivity index (χ0) is 22.1. The Balaban J connectivity index is 1.64. The summed E-state index contributed by atoms with van der Waals surface area (Å²) < 4.78 is 50.9. The normalized spacial score (nSPS) is 23.5. The number of urea groups is 1. The molecule has 0 aromatic heterocycles. The van der Waals surface area contributed by atoms with E-state index in [1.807, 2.05) is 0 Å². The number of benzene rings is 1. The van der Waals surface area contributed by atoms with E-state index < -0.39 is 48.5 Å². The van der Waals surface area contributed by atoms with Crippen molar-refractivity contribution in [3.63, 3.8) is 0 Å². The van der Waals surface area contributed by atoms with Gasteiger partial charge in [0.2, 0.25) is 5.91 Å². The van der Waals surface area contributed by atoms with Gasteiger partial charge in [0.15, 0.2) is 0 Å². The summed E-state index contributed by atoms with van der Waals surface area (Å²) in [4.78, 5) is 41.2. The third-order valence-electron chi connectivity index (χ3n) is 5.33.